The van der Waals surface area contributed by atoms with E-state index in [1.54, 1.807) is 13.2 Å². The molecule has 1 amide bonds. The van der Waals surface area contributed by atoms with Gasteiger partial charge in [-0.1, -0.05) is 17.7 Å². The third-order valence-corrected chi connectivity index (χ3v) is 2.80. The second-order valence-electron chi connectivity index (χ2n) is 4.14. The van der Waals surface area contributed by atoms with Crippen LogP contribution in [0.2, 0.25) is 5.02 Å². The molecule has 6 heteroatoms. The number of halogens is 2. The van der Waals surface area contributed by atoms with Crippen LogP contribution in [-0.4, -0.2) is 32.7 Å². The molecule has 0 bridgehead atoms. The highest BCUT2D eigenvalue weighted by atomic mass is 35.5. The molecule has 0 aliphatic rings. The predicted octanol–water partition coefficient (Wildman–Crippen LogP) is -1.81. The van der Waals surface area contributed by atoms with Gasteiger partial charge in [-0.05, 0) is 24.6 Å². The summed E-state index contributed by atoms with van der Waals surface area (Å²) in [6, 6.07) is 5.46. The lowest BCUT2D eigenvalue weighted by Crippen LogP contribution is -3.00. The zero-order chi connectivity index (χ0) is 13.4. The molecule has 0 fully saturated rings. The number of benzene rings is 1. The van der Waals surface area contributed by atoms with E-state index < -0.39 is 0 Å². The van der Waals surface area contributed by atoms with E-state index in [9.17, 15) is 4.79 Å². The number of hydrogen-bond acceptors (Lipinski definition) is 2. The number of aryl methyl sites for hydroxylation is 1. The highest BCUT2D eigenvalue weighted by Gasteiger charge is 2.06. The third-order valence-electron chi connectivity index (χ3n) is 2.56. The highest BCUT2D eigenvalue weighted by Crippen LogP contribution is 2.19. The predicted molar refractivity (Wildman–Crippen MR) is 73.0 cm³/mol. The van der Waals surface area contributed by atoms with Gasteiger partial charge in [0.25, 0.3) is 5.91 Å². The Hall–Kier alpha value is -0.810. The molecule has 1 aromatic carbocycles. The monoisotopic (exact) mass is 306 g/mol. The molecule has 19 heavy (non-hydrogen) atoms. The van der Waals surface area contributed by atoms with Crippen molar-refractivity contribution < 1.29 is 27.3 Å². The summed E-state index contributed by atoms with van der Waals surface area (Å²) in [5.41, 5.74) is 1.78. The van der Waals surface area contributed by atoms with Crippen LogP contribution in [0.3, 0.4) is 0 Å². The third kappa shape index (κ3) is 7.38. The van der Waals surface area contributed by atoms with Gasteiger partial charge in [0.1, 0.15) is 0 Å². The molecule has 3 N–H and O–H groups in total. The molecule has 1 rings (SSSR count). The molecule has 4 nitrogen and oxygen atoms in total. The van der Waals surface area contributed by atoms with Crippen molar-refractivity contribution in [1.29, 1.82) is 0 Å². The van der Waals surface area contributed by atoms with Crippen LogP contribution in [-0.2, 0) is 9.53 Å². The maximum Gasteiger partial charge on any atom is 0.279 e. The first kappa shape index (κ1) is 18.2. The molecule has 0 unspecified atom stereocenters. The van der Waals surface area contributed by atoms with Gasteiger partial charge in [0.15, 0.2) is 6.54 Å². The Morgan fingerprint density at radius 3 is 2.89 bits per heavy atom. The first-order valence-electron chi connectivity index (χ1n) is 6.00. The lowest BCUT2D eigenvalue weighted by Gasteiger charge is -2.08. The van der Waals surface area contributed by atoms with Crippen molar-refractivity contribution in [2.75, 3.05) is 32.1 Å². The largest absolute Gasteiger partial charge is 1.00 e. The van der Waals surface area contributed by atoms with E-state index in [4.69, 9.17) is 16.3 Å². The maximum atomic E-state index is 11.7. The van der Waals surface area contributed by atoms with E-state index in [1.807, 2.05) is 24.4 Å². The van der Waals surface area contributed by atoms with Gasteiger partial charge >= 0.3 is 0 Å². The lowest BCUT2D eigenvalue weighted by atomic mass is 10.2. The number of quaternary nitrogens is 1. The lowest BCUT2D eigenvalue weighted by molar-refractivity contribution is -0.644. The van der Waals surface area contributed by atoms with E-state index in [0.29, 0.717) is 11.6 Å². The van der Waals surface area contributed by atoms with Gasteiger partial charge in [-0.25, -0.2) is 0 Å². The minimum atomic E-state index is -0.0159. The second kappa shape index (κ2) is 10.0. The first-order chi connectivity index (χ1) is 8.63. The molecule has 0 aliphatic carbocycles. The van der Waals surface area contributed by atoms with Crippen molar-refractivity contribution in [3.63, 3.8) is 0 Å². The summed E-state index contributed by atoms with van der Waals surface area (Å²) in [4.78, 5) is 11.7. The summed E-state index contributed by atoms with van der Waals surface area (Å²) < 4.78 is 4.94. The normalized spacial score (nSPS) is 9.84. The van der Waals surface area contributed by atoms with Crippen LogP contribution in [0.4, 0.5) is 5.69 Å². The number of ether oxygens (including phenoxy) is 1. The zero-order valence-electron chi connectivity index (χ0n) is 11.2. The molecule has 108 valence electrons. The molecule has 0 radical (unpaired) electrons. The van der Waals surface area contributed by atoms with Crippen molar-refractivity contribution >= 4 is 23.2 Å². The number of anilines is 1. The fourth-order valence-electron chi connectivity index (χ4n) is 1.54. The number of nitrogens with two attached hydrogens (primary N) is 1. The van der Waals surface area contributed by atoms with Gasteiger partial charge in [0.2, 0.25) is 0 Å². The van der Waals surface area contributed by atoms with Gasteiger partial charge in [-0.3, -0.25) is 4.79 Å². The zero-order valence-corrected chi connectivity index (χ0v) is 12.7. The number of rotatable bonds is 7. The van der Waals surface area contributed by atoms with Gasteiger partial charge in [0, 0.05) is 24.2 Å². The van der Waals surface area contributed by atoms with Gasteiger partial charge in [-0.2, -0.15) is 0 Å². The number of hydrogen-bond donors (Lipinski definition) is 2. The summed E-state index contributed by atoms with van der Waals surface area (Å²) in [5.74, 6) is -0.0159. The molecule has 0 aromatic heterocycles. The molecule has 0 heterocycles. The van der Waals surface area contributed by atoms with Crippen LogP contribution in [0, 0.1) is 6.92 Å². The number of carbonyl (C=O) groups is 1. The SMILES string of the molecule is COCCC[NH2+]CC(=O)Nc1cc(Cl)ccc1C.[Cl-]. The minimum absolute atomic E-state index is 0. The summed E-state index contributed by atoms with van der Waals surface area (Å²) in [6.45, 7) is 3.96. The van der Waals surface area contributed by atoms with Gasteiger partial charge in [0.05, 0.1) is 13.2 Å². The van der Waals surface area contributed by atoms with Gasteiger partial charge in [-0.15, -0.1) is 0 Å². The Labute approximate surface area is 125 Å². The molecule has 0 saturated carbocycles. The molecule has 0 atom stereocenters. The fraction of sp³-hybridized carbons (Fsp3) is 0.462. The van der Waals surface area contributed by atoms with Crippen LogP contribution < -0.4 is 23.0 Å². The molecule has 0 spiro atoms. The summed E-state index contributed by atoms with van der Waals surface area (Å²) in [6.07, 6.45) is 0.944. The number of amides is 1. The average molecular weight is 307 g/mol. The van der Waals surface area contributed by atoms with Crippen LogP contribution in [0.15, 0.2) is 18.2 Å². The summed E-state index contributed by atoms with van der Waals surface area (Å²) >= 11 is 5.89. The molecule has 0 saturated heterocycles. The molecular weight excluding hydrogens is 287 g/mol. The maximum absolute atomic E-state index is 11.7. The Balaban J connectivity index is 0.00000324. The highest BCUT2D eigenvalue weighted by molar-refractivity contribution is 6.31. The molecule has 0 aliphatic heterocycles. The Morgan fingerprint density at radius 1 is 1.47 bits per heavy atom. The number of methoxy groups -OCH3 is 1. The fourth-order valence-corrected chi connectivity index (χ4v) is 1.71. The van der Waals surface area contributed by atoms with E-state index in [1.165, 1.54) is 0 Å². The molecular formula is C13H20Cl2N2O2. The van der Waals surface area contributed by atoms with Crippen LogP contribution in [0.1, 0.15) is 12.0 Å². The number of nitrogens with one attached hydrogen (secondary N) is 1. The smallest absolute Gasteiger partial charge is 0.279 e. The van der Waals surface area contributed by atoms with Crippen molar-refractivity contribution in [3.8, 4) is 0 Å². The standard InChI is InChI=1S/C13H19ClN2O2.ClH/c1-10-4-5-11(14)8-12(10)16-13(17)9-15-6-3-7-18-2;/h4-5,8,15H,3,6-7,9H2,1-2H3,(H,16,17);1H. The van der Waals surface area contributed by atoms with Crippen molar-refractivity contribution in [2.45, 2.75) is 13.3 Å². The van der Waals surface area contributed by atoms with Crippen LogP contribution in [0.5, 0.6) is 0 Å². The number of carbonyl (C=O) groups excluding carboxylic acids is 1. The quantitative estimate of drug-likeness (QED) is 0.584. The Kier molecular flexibility index (Phi) is 9.61. The van der Waals surface area contributed by atoms with Gasteiger partial charge < -0.3 is 27.8 Å². The summed E-state index contributed by atoms with van der Waals surface area (Å²) in [7, 11) is 1.68. The van der Waals surface area contributed by atoms with Crippen molar-refractivity contribution in [3.05, 3.63) is 28.8 Å². The average Bonchev–Trinajstić information content (AvgIpc) is 2.33. The second-order valence-corrected chi connectivity index (χ2v) is 4.57. The van der Waals surface area contributed by atoms with Crippen molar-refractivity contribution in [1.82, 2.24) is 0 Å². The summed E-state index contributed by atoms with van der Waals surface area (Å²) in [5, 5.41) is 5.45. The first-order valence-corrected chi connectivity index (χ1v) is 6.38. The van der Waals surface area contributed by atoms with E-state index in [-0.39, 0.29) is 18.3 Å². The van der Waals surface area contributed by atoms with Crippen LogP contribution in [0.25, 0.3) is 0 Å². The Bertz CT molecular complexity index is 400. The van der Waals surface area contributed by atoms with E-state index >= 15 is 0 Å². The van der Waals surface area contributed by atoms with Crippen molar-refractivity contribution in [2.24, 2.45) is 0 Å². The van der Waals surface area contributed by atoms with E-state index in [2.05, 4.69) is 5.32 Å². The van der Waals surface area contributed by atoms with Crippen LogP contribution >= 0.6 is 11.6 Å². The minimum Gasteiger partial charge on any atom is -1.00 e. The topological polar surface area (TPSA) is 54.9 Å². The van der Waals surface area contributed by atoms with E-state index in [0.717, 1.165) is 30.8 Å². The molecule has 1 aromatic rings. The Morgan fingerprint density at radius 2 is 2.21 bits per heavy atom.